The van der Waals surface area contributed by atoms with Crippen LogP contribution in [-0.2, 0) is 0 Å². The number of rotatable bonds is 3. The van der Waals surface area contributed by atoms with E-state index in [1.807, 2.05) is 38.1 Å². The number of amides is 2. The van der Waals surface area contributed by atoms with Gasteiger partial charge in [-0.15, -0.1) is 0 Å². The molecule has 15 heavy (non-hydrogen) atoms. The Morgan fingerprint density at radius 3 is 2.87 bits per heavy atom. The first-order valence-electron chi connectivity index (χ1n) is 4.95. The van der Waals surface area contributed by atoms with Crippen LogP contribution in [0.5, 0.6) is 0 Å². The highest BCUT2D eigenvalue weighted by molar-refractivity contribution is 9.10. The van der Waals surface area contributed by atoms with Gasteiger partial charge in [-0.2, -0.15) is 0 Å². The number of hydrogen-bond acceptors (Lipinski definition) is 1. The molecule has 0 fully saturated rings. The molecule has 0 aromatic heterocycles. The van der Waals surface area contributed by atoms with E-state index in [0.717, 1.165) is 16.6 Å². The lowest BCUT2D eigenvalue weighted by atomic mass is 10.3. The minimum absolute atomic E-state index is 0.164. The van der Waals surface area contributed by atoms with Crippen molar-refractivity contribution >= 4 is 27.6 Å². The number of urea groups is 1. The quantitative estimate of drug-likeness (QED) is 0.869. The van der Waals surface area contributed by atoms with Crippen LogP contribution in [0.4, 0.5) is 10.5 Å². The standard InChI is InChI=1S/C11H15BrN2O/c1-3-8(2)13-11(15)14-10-6-4-5-9(12)7-10/h4-8H,3H2,1-2H3,(H2,13,14,15)/t8-/m0/s1. The van der Waals surface area contributed by atoms with Gasteiger partial charge < -0.3 is 10.6 Å². The summed E-state index contributed by atoms with van der Waals surface area (Å²) in [6, 6.07) is 7.53. The van der Waals surface area contributed by atoms with E-state index >= 15 is 0 Å². The molecule has 2 N–H and O–H groups in total. The number of halogens is 1. The molecule has 0 spiro atoms. The van der Waals surface area contributed by atoms with Crippen LogP contribution in [0, 0.1) is 0 Å². The number of benzene rings is 1. The second kappa shape index (κ2) is 5.75. The summed E-state index contributed by atoms with van der Waals surface area (Å²) >= 11 is 3.34. The Bertz CT molecular complexity index is 341. The van der Waals surface area contributed by atoms with Gasteiger partial charge in [0.2, 0.25) is 0 Å². The van der Waals surface area contributed by atoms with Crippen LogP contribution in [-0.4, -0.2) is 12.1 Å². The Hall–Kier alpha value is -1.03. The van der Waals surface area contributed by atoms with E-state index in [1.165, 1.54) is 0 Å². The van der Waals surface area contributed by atoms with Crippen molar-refractivity contribution in [1.29, 1.82) is 0 Å². The lowest BCUT2D eigenvalue weighted by molar-refractivity contribution is 0.249. The molecular formula is C11H15BrN2O. The van der Waals surface area contributed by atoms with E-state index in [1.54, 1.807) is 0 Å². The molecule has 0 saturated heterocycles. The van der Waals surface area contributed by atoms with Crippen LogP contribution in [0.15, 0.2) is 28.7 Å². The van der Waals surface area contributed by atoms with Gasteiger partial charge in [0.15, 0.2) is 0 Å². The molecule has 1 rings (SSSR count). The first-order valence-corrected chi connectivity index (χ1v) is 5.74. The van der Waals surface area contributed by atoms with Gasteiger partial charge in [-0.1, -0.05) is 28.9 Å². The first-order chi connectivity index (χ1) is 7.11. The Balaban J connectivity index is 2.51. The molecule has 0 aliphatic carbocycles. The molecule has 0 unspecified atom stereocenters. The van der Waals surface area contributed by atoms with E-state index in [4.69, 9.17) is 0 Å². The lowest BCUT2D eigenvalue weighted by Crippen LogP contribution is -2.35. The van der Waals surface area contributed by atoms with Crippen LogP contribution in [0.1, 0.15) is 20.3 Å². The van der Waals surface area contributed by atoms with Crippen LogP contribution in [0.25, 0.3) is 0 Å². The molecule has 1 aromatic carbocycles. The monoisotopic (exact) mass is 270 g/mol. The highest BCUT2D eigenvalue weighted by atomic mass is 79.9. The third-order valence-corrected chi connectivity index (χ3v) is 2.57. The summed E-state index contributed by atoms with van der Waals surface area (Å²) in [6.07, 6.45) is 0.923. The van der Waals surface area contributed by atoms with Crippen LogP contribution < -0.4 is 10.6 Å². The predicted molar refractivity (Wildman–Crippen MR) is 66.0 cm³/mol. The third-order valence-electron chi connectivity index (χ3n) is 2.07. The molecular weight excluding hydrogens is 256 g/mol. The second-order valence-electron chi connectivity index (χ2n) is 3.42. The maximum atomic E-state index is 11.5. The van der Waals surface area contributed by atoms with Crippen molar-refractivity contribution in [2.45, 2.75) is 26.3 Å². The number of hydrogen-bond donors (Lipinski definition) is 2. The molecule has 0 aliphatic heterocycles. The number of anilines is 1. The predicted octanol–water partition coefficient (Wildman–Crippen LogP) is 3.37. The minimum atomic E-state index is -0.164. The van der Waals surface area contributed by atoms with Gasteiger partial charge in [0.05, 0.1) is 0 Å². The molecule has 82 valence electrons. The van der Waals surface area contributed by atoms with E-state index in [0.29, 0.717) is 0 Å². The molecule has 1 atom stereocenters. The van der Waals surface area contributed by atoms with Crippen LogP contribution >= 0.6 is 15.9 Å². The van der Waals surface area contributed by atoms with Crippen LogP contribution in [0.3, 0.4) is 0 Å². The Kier molecular flexibility index (Phi) is 4.62. The van der Waals surface area contributed by atoms with Gasteiger partial charge in [-0.25, -0.2) is 4.79 Å². The zero-order valence-corrected chi connectivity index (χ0v) is 10.5. The summed E-state index contributed by atoms with van der Waals surface area (Å²) in [5.74, 6) is 0. The normalized spacial score (nSPS) is 11.9. The van der Waals surface area contributed by atoms with E-state index in [9.17, 15) is 4.79 Å². The first kappa shape index (κ1) is 12.0. The van der Waals surface area contributed by atoms with E-state index in [-0.39, 0.29) is 12.1 Å². The molecule has 1 aromatic rings. The summed E-state index contributed by atoms with van der Waals surface area (Å²) in [4.78, 5) is 11.5. The smallest absolute Gasteiger partial charge is 0.319 e. The molecule has 0 aliphatic rings. The molecule has 0 bridgehead atoms. The van der Waals surface area contributed by atoms with Crippen molar-refractivity contribution in [3.63, 3.8) is 0 Å². The SMILES string of the molecule is CC[C@H](C)NC(=O)Nc1cccc(Br)c1. The summed E-state index contributed by atoms with van der Waals surface area (Å²) in [5, 5.41) is 5.60. The lowest BCUT2D eigenvalue weighted by Gasteiger charge is -2.12. The van der Waals surface area contributed by atoms with Gasteiger partial charge in [-0.3, -0.25) is 0 Å². The summed E-state index contributed by atoms with van der Waals surface area (Å²) < 4.78 is 0.948. The average molecular weight is 271 g/mol. The van der Waals surface area contributed by atoms with Crippen molar-refractivity contribution < 1.29 is 4.79 Å². The number of carbonyl (C=O) groups excluding carboxylic acids is 1. The summed E-state index contributed by atoms with van der Waals surface area (Å²) in [7, 11) is 0. The molecule has 2 amide bonds. The van der Waals surface area contributed by atoms with Gasteiger partial charge in [0.25, 0.3) is 0 Å². The maximum absolute atomic E-state index is 11.5. The van der Waals surface area contributed by atoms with E-state index in [2.05, 4.69) is 26.6 Å². The third kappa shape index (κ3) is 4.34. The highest BCUT2D eigenvalue weighted by Crippen LogP contribution is 2.15. The zero-order chi connectivity index (χ0) is 11.3. The van der Waals surface area contributed by atoms with Crippen molar-refractivity contribution in [3.8, 4) is 0 Å². The zero-order valence-electron chi connectivity index (χ0n) is 8.88. The van der Waals surface area contributed by atoms with Gasteiger partial charge in [0.1, 0.15) is 0 Å². The maximum Gasteiger partial charge on any atom is 0.319 e. The van der Waals surface area contributed by atoms with Crippen molar-refractivity contribution in [3.05, 3.63) is 28.7 Å². The number of nitrogens with one attached hydrogen (secondary N) is 2. The Labute approximate surface area is 98.4 Å². The van der Waals surface area contributed by atoms with E-state index < -0.39 is 0 Å². The number of carbonyl (C=O) groups is 1. The molecule has 4 heteroatoms. The summed E-state index contributed by atoms with van der Waals surface area (Å²) in [6.45, 7) is 4.00. The van der Waals surface area contributed by atoms with Gasteiger partial charge >= 0.3 is 6.03 Å². The molecule has 3 nitrogen and oxygen atoms in total. The highest BCUT2D eigenvalue weighted by Gasteiger charge is 2.04. The largest absolute Gasteiger partial charge is 0.335 e. The fourth-order valence-corrected chi connectivity index (χ4v) is 1.46. The molecule has 0 heterocycles. The second-order valence-corrected chi connectivity index (χ2v) is 4.33. The van der Waals surface area contributed by atoms with Gasteiger partial charge in [0, 0.05) is 16.2 Å². The summed E-state index contributed by atoms with van der Waals surface area (Å²) in [5.41, 5.74) is 0.783. The molecule has 0 saturated carbocycles. The topological polar surface area (TPSA) is 41.1 Å². The fraction of sp³-hybridized carbons (Fsp3) is 0.364. The van der Waals surface area contributed by atoms with Crippen LogP contribution in [0.2, 0.25) is 0 Å². The van der Waals surface area contributed by atoms with Crippen molar-refractivity contribution in [1.82, 2.24) is 5.32 Å². The molecule has 0 radical (unpaired) electrons. The minimum Gasteiger partial charge on any atom is -0.335 e. The van der Waals surface area contributed by atoms with Crippen molar-refractivity contribution in [2.75, 3.05) is 5.32 Å². The van der Waals surface area contributed by atoms with Gasteiger partial charge in [-0.05, 0) is 31.5 Å². The fourth-order valence-electron chi connectivity index (χ4n) is 1.06. The average Bonchev–Trinajstić information content (AvgIpc) is 2.17. The Morgan fingerprint density at radius 1 is 1.53 bits per heavy atom. The van der Waals surface area contributed by atoms with Crippen molar-refractivity contribution in [2.24, 2.45) is 0 Å². The Morgan fingerprint density at radius 2 is 2.27 bits per heavy atom.